The number of amides is 3. The summed E-state index contributed by atoms with van der Waals surface area (Å²) in [6, 6.07) is 3.09. The van der Waals surface area contributed by atoms with E-state index in [1.807, 2.05) is 20.8 Å². The number of phenolic OH excluding ortho intramolecular Hbond substituents is 1. The van der Waals surface area contributed by atoms with Gasteiger partial charge in [-0.3, -0.25) is 24.2 Å². The lowest BCUT2D eigenvalue weighted by Gasteiger charge is -2.45. The number of carbonyl (C=O) groups excluding carboxylic acids is 4. The Morgan fingerprint density at radius 1 is 1.00 bits per heavy atom. The van der Waals surface area contributed by atoms with Gasteiger partial charge in [-0.05, 0) is 74.5 Å². The number of aliphatic hydroxyl groups is 5. The highest BCUT2D eigenvalue weighted by molar-refractivity contribution is 5.93. The molecule has 19 nitrogen and oxygen atoms in total. The normalized spacial score (nSPS) is 29.2. The van der Waals surface area contributed by atoms with Crippen LogP contribution in [0.4, 0.5) is 0 Å². The number of unbranched alkanes of at least 4 members (excludes halogenated alkanes) is 1. The Balaban J connectivity index is 1.64. The molecule has 12 atom stereocenters. The van der Waals surface area contributed by atoms with Gasteiger partial charge in [0, 0.05) is 32.0 Å². The summed E-state index contributed by atoms with van der Waals surface area (Å²) in [6.07, 6.45) is -9.44. The Labute approximate surface area is 338 Å². The van der Waals surface area contributed by atoms with Crippen LogP contribution in [-0.2, 0) is 39.8 Å². The predicted molar refractivity (Wildman–Crippen MR) is 207 cm³/mol. The van der Waals surface area contributed by atoms with E-state index in [4.69, 9.17) is 25.7 Å². The summed E-state index contributed by atoms with van der Waals surface area (Å²) in [6.45, 7) is 5.44. The number of nitrogens with two attached hydrogens (primary N) is 2. The van der Waals surface area contributed by atoms with Crippen molar-refractivity contribution in [2.24, 2.45) is 28.3 Å². The molecule has 1 saturated carbocycles. The fourth-order valence-corrected chi connectivity index (χ4v) is 7.88. The van der Waals surface area contributed by atoms with E-state index in [0.29, 0.717) is 31.4 Å². The number of rotatable bonds is 19. The summed E-state index contributed by atoms with van der Waals surface area (Å²) < 4.78 is 17.7. The third-order valence-corrected chi connectivity index (χ3v) is 10.8. The van der Waals surface area contributed by atoms with Gasteiger partial charge in [-0.1, -0.05) is 32.9 Å². The number of aromatic hydroxyl groups is 1. The number of fused-ring (bicyclic) bond motifs is 1. The molecule has 0 aromatic heterocycles. The minimum atomic E-state index is -1.76. The van der Waals surface area contributed by atoms with Gasteiger partial charge in [0.05, 0.1) is 12.7 Å². The topological polar surface area (TPSA) is 309 Å². The molecule has 3 amide bonds. The molecule has 1 aromatic rings. The minimum Gasteiger partial charge on any atom is -0.508 e. The van der Waals surface area contributed by atoms with Crippen LogP contribution in [0.5, 0.6) is 5.75 Å². The van der Waals surface area contributed by atoms with Gasteiger partial charge in [0.25, 0.3) is 0 Å². The maximum Gasteiger partial charge on any atom is 0.306 e. The van der Waals surface area contributed by atoms with E-state index in [2.05, 4.69) is 15.6 Å². The van der Waals surface area contributed by atoms with E-state index < -0.39 is 103 Å². The summed E-state index contributed by atoms with van der Waals surface area (Å²) in [4.78, 5) is 60.6. The largest absolute Gasteiger partial charge is 0.508 e. The van der Waals surface area contributed by atoms with Crippen molar-refractivity contribution in [3.8, 4) is 5.75 Å². The van der Waals surface area contributed by atoms with E-state index >= 15 is 0 Å². The molecule has 2 aliphatic heterocycles. The van der Waals surface area contributed by atoms with Crippen LogP contribution in [-0.4, -0.2) is 152 Å². The number of hydrogen-bond donors (Lipinski definition) is 10. The molecule has 0 bridgehead atoms. The Bertz CT molecular complexity index is 1540. The van der Waals surface area contributed by atoms with Gasteiger partial charge in [-0.25, -0.2) is 0 Å². The Morgan fingerprint density at radius 2 is 1.71 bits per heavy atom. The number of likely N-dealkylation sites (tertiary alicyclic amines) is 1. The van der Waals surface area contributed by atoms with Crippen LogP contribution in [0, 0.1) is 11.8 Å². The van der Waals surface area contributed by atoms with Gasteiger partial charge < -0.3 is 71.9 Å². The van der Waals surface area contributed by atoms with Gasteiger partial charge in [0.2, 0.25) is 17.7 Å². The van der Waals surface area contributed by atoms with E-state index in [9.17, 15) is 49.8 Å². The molecule has 58 heavy (non-hydrogen) atoms. The second kappa shape index (κ2) is 21.8. The molecule has 19 heteroatoms. The molecule has 3 fully saturated rings. The van der Waals surface area contributed by atoms with Crippen molar-refractivity contribution >= 4 is 29.7 Å². The zero-order chi connectivity index (χ0) is 42.7. The molecule has 1 aromatic carbocycles. The third kappa shape index (κ3) is 12.5. The van der Waals surface area contributed by atoms with Crippen LogP contribution in [0.1, 0.15) is 77.7 Å². The quantitative estimate of drug-likeness (QED) is 0.0321. The van der Waals surface area contributed by atoms with Crippen LogP contribution < -0.4 is 22.1 Å². The number of benzene rings is 1. The van der Waals surface area contributed by atoms with E-state index in [1.54, 1.807) is 12.1 Å². The Morgan fingerprint density at radius 3 is 2.34 bits per heavy atom. The van der Waals surface area contributed by atoms with E-state index in [-0.39, 0.29) is 62.7 Å². The molecular weight excluding hydrogens is 760 g/mol. The number of aliphatic hydroxyl groups excluding tert-OH is 5. The van der Waals surface area contributed by atoms with Gasteiger partial charge >= 0.3 is 5.97 Å². The van der Waals surface area contributed by atoms with Crippen LogP contribution in [0.15, 0.2) is 29.3 Å². The maximum atomic E-state index is 14.8. The van der Waals surface area contributed by atoms with Gasteiger partial charge in [-0.15, -0.1) is 0 Å². The number of nitrogens with one attached hydrogen (secondary N) is 2. The summed E-state index contributed by atoms with van der Waals surface area (Å²) >= 11 is 0. The number of ether oxygens (including phenoxy) is 3. The second-order valence-electron chi connectivity index (χ2n) is 15.8. The molecule has 2 saturated heterocycles. The first kappa shape index (κ1) is 46.6. The van der Waals surface area contributed by atoms with Crippen molar-refractivity contribution in [1.82, 2.24) is 15.5 Å². The van der Waals surface area contributed by atoms with Crippen molar-refractivity contribution in [3.63, 3.8) is 0 Å². The van der Waals surface area contributed by atoms with E-state index in [0.717, 1.165) is 0 Å². The summed E-state index contributed by atoms with van der Waals surface area (Å²) in [5, 5.41) is 67.6. The van der Waals surface area contributed by atoms with Crippen molar-refractivity contribution < 1.29 is 64.0 Å². The first-order valence-corrected chi connectivity index (χ1v) is 20.1. The molecule has 2 heterocycles. The summed E-state index contributed by atoms with van der Waals surface area (Å²) in [5.41, 5.74) is 11.4. The highest BCUT2D eigenvalue weighted by Gasteiger charge is 2.55. The minimum absolute atomic E-state index is 0.0210. The van der Waals surface area contributed by atoms with Gasteiger partial charge in [-0.2, -0.15) is 0 Å². The van der Waals surface area contributed by atoms with Gasteiger partial charge in [0.15, 0.2) is 12.2 Å². The van der Waals surface area contributed by atoms with Crippen LogP contribution in [0.25, 0.3) is 0 Å². The SMILES string of the molecule is CCCC(=O)O[C@@H]1C[C@H]2C[C@@H](C(=O)NCCCCN=C(N)N)N(C(=O)[C@@H](CC(C)C)NC(=O)[C@@H](O)Cc3ccc(O)cc3)[C@H]2C[C@@H]1O[C@@H]1O[C@@H](CO)[C@H](O)[C@@H](O)[C@@H]1O. The molecule has 1 aliphatic carbocycles. The number of phenols is 1. The first-order chi connectivity index (χ1) is 27.5. The Kier molecular flexibility index (Phi) is 17.5. The fraction of sp³-hybridized carbons (Fsp3) is 0.718. The standard InChI is InChI=1S/C39H62N6O13/c1-4-7-31(49)56-28-17-22-16-26(35(53)42-12-5-6-13-43-39(40)41)45(25(22)18-29(28)57-38-34(52)33(51)32(50)30(19-46)58-38)37(55)24(14-20(2)3)44-36(54)27(48)15-21-8-10-23(47)11-9-21/h8-11,20,22,24-30,32-34,38,46-48,50-52H,4-7,12-19H2,1-3H3,(H,42,53)(H,44,54)(H4,40,41,43)/t22-,24-,25+,26+,27+,28-,29+,30+,32+,33-,34+,38-/m1/s1. The second-order valence-corrected chi connectivity index (χ2v) is 15.8. The smallest absolute Gasteiger partial charge is 0.306 e. The molecule has 326 valence electrons. The van der Waals surface area contributed by atoms with E-state index in [1.165, 1.54) is 17.0 Å². The zero-order valence-corrected chi connectivity index (χ0v) is 33.4. The fourth-order valence-electron chi connectivity index (χ4n) is 7.88. The number of aliphatic imine (C=N–C) groups is 1. The number of nitrogens with zero attached hydrogens (tertiary/aromatic N) is 2. The number of esters is 1. The average Bonchev–Trinajstić information content (AvgIpc) is 3.54. The third-order valence-electron chi connectivity index (χ3n) is 10.8. The lowest BCUT2D eigenvalue weighted by Crippen LogP contribution is -2.61. The molecular formula is C39H62N6O13. The highest BCUT2D eigenvalue weighted by Crippen LogP contribution is 2.43. The number of carbonyl (C=O) groups is 4. The monoisotopic (exact) mass is 822 g/mol. The molecule has 0 unspecified atom stereocenters. The number of hydrogen-bond acceptors (Lipinski definition) is 14. The average molecular weight is 823 g/mol. The lowest BCUT2D eigenvalue weighted by molar-refractivity contribution is -0.320. The van der Waals surface area contributed by atoms with Crippen LogP contribution >= 0.6 is 0 Å². The predicted octanol–water partition coefficient (Wildman–Crippen LogP) is -1.73. The van der Waals surface area contributed by atoms with Crippen molar-refractivity contribution in [1.29, 1.82) is 0 Å². The molecule has 0 radical (unpaired) electrons. The van der Waals surface area contributed by atoms with Crippen molar-refractivity contribution in [3.05, 3.63) is 29.8 Å². The van der Waals surface area contributed by atoms with Crippen LogP contribution in [0.2, 0.25) is 0 Å². The number of guanidine groups is 1. The molecule has 12 N–H and O–H groups in total. The molecule has 0 spiro atoms. The summed E-state index contributed by atoms with van der Waals surface area (Å²) in [5.74, 6) is -2.88. The zero-order valence-electron chi connectivity index (χ0n) is 33.4. The maximum absolute atomic E-state index is 14.8. The van der Waals surface area contributed by atoms with Gasteiger partial charge in [0.1, 0.15) is 54.5 Å². The first-order valence-electron chi connectivity index (χ1n) is 20.1. The lowest BCUT2D eigenvalue weighted by atomic mass is 9.80. The summed E-state index contributed by atoms with van der Waals surface area (Å²) in [7, 11) is 0. The van der Waals surface area contributed by atoms with Crippen LogP contribution in [0.3, 0.4) is 0 Å². The van der Waals surface area contributed by atoms with Crippen molar-refractivity contribution in [2.75, 3.05) is 19.7 Å². The molecule has 4 rings (SSSR count). The molecule has 3 aliphatic rings. The Hall–Kier alpha value is -4.11. The highest BCUT2D eigenvalue weighted by atomic mass is 16.7. The van der Waals surface area contributed by atoms with Crippen molar-refractivity contribution in [2.45, 2.75) is 146 Å².